The van der Waals surface area contributed by atoms with Crippen molar-refractivity contribution in [2.24, 2.45) is 35.5 Å². The van der Waals surface area contributed by atoms with E-state index in [1.54, 1.807) is 11.1 Å². The lowest BCUT2D eigenvalue weighted by Crippen LogP contribution is -2.87. The number of rotatable bonds is 0. The number of benzene rings is 1. The van der Waals surface area contributed by atoms with Crippen LogP contribution in [-0.2, 0) is 0 Å². The van der Waals surface area contributed by atoms with E-state index < -0.39 is 0 Å². The maximum absolute atomic E-state index is 2.42. The summed E-state index contributed by atoms with van der Waals surface area (Å²) in [4.78, 5) is 0. The second-order valence-corrected chi connectivity index (χ2v) is 6.14. The maximum Gasteiger partial charge on any atom is -0.00908 e. The maximum atomic E-state index is 2.42. The van der Waals surface area contributed by atoms with Gasteiger partial charge >= 0.3 is 0 Å². The summed E-state index contributed by atoms with van der Waals surface area (Å²) >= 11 is 0. The molecular weight excluding hydrogens is 168 g/mol. The monoisotopic (exact) mass is 180 g/mol. The first kappa shape index (κ1) is 5.95. The number of hydrogen-bond donors (Lipinski definition) is 0. The topological polar surface area (TPSA) is 0 Å². The molecule has 14 heavy (non-hydrogen) atoms. The summed E-state index contributed by atoms with van der Waals surface area (Å²) < 4.78 is 0. The third-order valence-electron chi connectivity index (χ3n) is 6.48. The molecule has 0 radical (unpaired) electrons. The van der Waals surface area contributed by atoms with E-state index >= 15 is 0 Å². The zero-order chi connectivity index (χ0) is 8.60. The van der Waals surface area contributed by atoms with Gasteiger partial charge < -0.3 is 0 Å². The van der Waals surface area contributed by atoms with Gasteiger partial charge in [-0.25, -0.2) is 0 Å². The zero-order valence-electron chi connectivity index (χ0n) is 7.93. The van der Waals surface area contributed by atoms with Crippen molar-refractivity contribution in [2.45, 2.75) is 11.8 Å². The van der Waals surface area contributed by atoms with Gasteiger partial charge in [-0.15, -0.1) is 0 Å². The SMILES string of the molecule is c1ccc2c(c1)C1[C@@H]3C4C5[C@@H]3C2[C@@H]5[C@H]14. The highest BCUT2D eigenvalue weighted by molar-refractivity contribution is 5.55. The molecule has 0 heterocycles. The summed E-state index contributed by atoms with van der Waals surface area (Å²) in [5, 5.41) is 0. The van der Waals surface area contributed by atoms with Crippen molar-refractivity contribution in [3.63, 3.8) is 0 Å². The Kier molecular flexibility index (Phi) is 0.592. The van der Waals surface area contributed by atoms with E-state index in [-0.39, 0.29) is 0 Å². The summed E-state index contributed by atoms with van der Waals surface area (Å²) in [6.07, 6.45) is 0. The fourth-order valence-corrected chi connectivity index (χ4v) is 6.36. The Bertz CT molecular complexity index is 424. The smallest absolute Gasteiger partial charge is 0.00908 e. The van der Waals surface area contributed by atoms with Crippen LogP contribution in [0.3, 0.4) is 0 Å². The highest BCUT2D eigenvalue weighted by atomic mass is 14.9. The van der Waals surface area contributed by atoms with Crippen molar-refractivity contribution in [1.82, 2.24) is 0 Å². The second-order valence-electron chi connectivity index (χ2n) is 6.14. The van der Waals surface area contributed by atoms with Gasteiger partial charge in [0, 0.05) is 0 Å². The van der Waals surface area contributed by atoms with E-state index in [9.17, 15) is 0 Å². The first-order valence-corrected chi connectivity index (χ1v) is 6.07. The molecule has 1 aromatic carbocycles. The minimum atomic E-state index is 1.03. The summed E-state index contributed by atoms with van der Waals surface area (Å²) in [6.45, 7) is 0. The molecule has 0 spiro atoms. The fraction of sp³-hybridized carbons (Fsp3) is 0.571. The predicted octanol–water partition coefficient (Wildman–Crippen LogP) is 2.62. The third-order valence-corrected chi connectivity index (χ3v) is 6.48. The Labute approximate surface area is 83.3 Å². The summed E-state index contributed by atoms with van der Waals surface area (Å²) in [6, 6.07) is 9.33. The van der Waals surface area contributed by atoms with Crippen LogP contribution in [0.25, 0.3) is 0 Å². The Morgan fingerprint density at radius 1 is 0.571 bits per heavy atom. The van der Waals surface area contributed by atoms with Crippen LogP contribution in [0.4, 0.5) is 0 Å². The summed E-state index contributed by atoms with van der Waals surface area (Å²) in [5.74, 6) is 9.15. The van der Waals surface area contributed by atoms with Gasteiger partial charge in [-0.1, -0.05) is 24.3 Å². The van der Waals surface area contributed by atoms with Crippen LogP contribution in [0.1, 0.15) is 23.0 Å². The fourth-order valence-electron chi connectivity index (χ4n) is 6.36. The standard InChI is InChI=1S/C14H12/c1-2-4-6-5(3-1)7-9-11-8(6)12-10(7)13(9)14(11)12/h1-4,7-14H/t7?,8?,9-,10-,11+,12+,13?,14?. The van der Waals surface area contributed by atoms with Gasteiger partial charge in [0.2, 0.25) is 0 Å². The molecule has 4 saturated carbocycles. The summed E-state index contributed by atoms with van der Waals surface area (Å²) in [5.41, 5.74) is 3.52. The normalized spacial score (nSPS) is 66.6. The lowest BCUT2D eigenvalue weighted by molar-refractivity contribution is -0.407. The minimum absolute atomic E-state index is 1.03. The summed E-state index contributed by atoms with van der Waals surface area (Å²) in [7, 11) is 0. The predicted molar refractivity (Wildman–Crippen MR) is 52.9 cm³/mol. The van der Waals surface area contributed by atoms with Crippen molar-refractivity contribution in [2.75, 3.05) is 0 Å². The highest BCUT2D eigenvalue weighted by Crippen LogP contribution is 2.94. The first-order chi connectivity index (χ1) is 6.98. The van der Waals surface area contributed by atoms with E-state index in [1.165, 1.54) is 11.8 Å². The third kappa shape index (κ3) is 0.303. The van der Waals surface area contributed by atoms with Crippen LogP contribution < -0.4 is 0 Å². The van der Waals surface area contributed by atoms with Crippen LogP contribution in [0.2, 0.25) is 0 Å². The molecule has 0 unspecified atom stereocenters. The van der Waals surface area contributed by atoms with Crippen LogP contribution in [-0.4, -0.2) is 0 Å². The van der Waals surface area contributed by atoms with Gasteiger partial charge in [-0.3, -0.25) is 0 Å². The molecule has 2 bridgehead atoms. The molecule has 0 amide bonds. The van der Waals surface area contributed by atoms with Gasteiger partial charge in [-0.05, 0) is 58.5 Å². The van der Waals surface area contributed by atoms with Gasteiger partial charge in [0.05, 0.1) is 0 Å². The average Bonchev–Trinajstić information content (AvgIpc) is 2.20. The van der Waals surface area contributed by atoms with Gasteiger partial charge in [0.15, 0.2) is 0 Å². The molecule has 0 nitrogen and oxygen atoms in total. The van der Waals surface area contributed by atoms with Crippen LogP contribution in [0.5, 0.6) is 0 Å². The Morgan fingerprint density at radius 2 is 1.00 bits per heavy atom. The molecule has 6 aliphatic rings. The molecule has 4 fully saturated rings. The quantitative estimate of drug-likeness (QED) is 0.575. The molecule has 0 aliphatic heterocycles. The average molecular weight is 180 g/mol. The molecule has 4 atom stereocenters. The largest absolute Gasteiger partial charge is 0.0620 e. The minimum Gasteiger partial charge on any atom is -0.0620 e. The van der Waals surface area contributed by atoms with Crippen LogP contribution in [0.15, 0.2) is 24.3 Å². The van der Waals surface area contributed by atoms with E-state index in [0.717, 1.165) is 35.5 Å². The lowest BCUT2D eigenvalue weighted by Gasteiger charge is -2.93. The van der Waals surface area contributed by atoms with Crippen LogP contribution in [0, 0.1) is 35.5 Å². The van der Waals surface area contributed by atoms with Gasteiger partial charge in [0.25, 0.3) is 0 Å². The second kappa shape index (κ2) is 1.39. The van der Waals surface area contributed by atoms with Gasteiger partial charge in [0.1, 0.15) is 0 Å². The molecule has 0 saturated heterocycles. The molecule has 0 aromatic heterocycles. The van der Waals surface area contributed by atoms with E-state index in [1.807, 2.05) is 0 Å². The van der Waals surface area contributed by atoms with Crippen molar-refractivity contribution in [3.8, 4) is 0 Å². The molecule has 0 heteroatoms. The molecule has 7 rings (SSSR count). The van der Waals surface area contributed by atoms with Crippen molar-refractivity contribution >= 4 is 0 Å². The molecule has 68 valence electrons. The molecule has 0 N–H and O–H groups in total. The number of hydrogen-bond acceptors (Lipinski definition) is 0. The molecular formula is C14H12. The zero-order valence-corrected chi connectivity index (χ0v) is 7.93. The lowest BCUT2D eigenvalue weighted by atomic mass is 9.11. The van der Waals surface area contributed by atoms with E-state index in [0.29, 0.717) is 0 Å². The van der Waals surface area contributed by atoms with Gasteiger partial charge in [-0.2, -0.15) is 0 Å². The highest BCUT2D eigenvalue weighted by Gasteiger charge is 2.88. The first-order valence-electron chi connectivity index (χ1n) is 6.07. The molecule has 1 aromatic rings. The van der Waals surface area contributed by atoms with E-state index in [4.69, 9.17) is 0 Å². The van der Waals surface area contributed by atoms with Crippen LogP contribution >= 0.6 is 0 Å². The van der Waals surface area contributed by atoms with Crippen molar-refractivity contribution < 1.29 is 0 Å². The Balaban J connectivity index is 1.75. The van der Waals surface area contributed by atoms with Crippen molar-refractivity contribution in [3.05, 3.63) is 35.4 Å². The van der Waals surface area contributed by atoms with Crippen molar-refractivity contribution in [1.29, 1.82) is 0 Å². The van der Waals surface area contributed by atoms with E-state index in [2.05, 4.69) is 24.3 Å². The molecule has 6 aliphatic carbocycles. The Hall–Kier alpha value is -0.780. The Morgan fingerprint density at radius 3 is 1.43 bits per heavy atom.